The highest BCUT2D eigenvalue weighted by Gasteiger charge is 2.09. The number of anilines is 1. The van der Waals surface area contributed by atoms with E-state index in [1.165, 1.54) is 7.05 Å². The van der Waals surface area contributed by atoms with Crippen molar-refractivity contribution in [3.8, 4) is 0 Å². The number of nitrogens with zero attached hydrogens (tertiary/aromatic N) is 2. The minimum atomic E-state index is 0.103. The zero-order valence-electron chi connectivity index (χ0n) is 10.2. The molecule has 1 aromatic rings. The van der Waals surface area contributed by atoms with Crippen LogP contribution in [0.25, 0.3) is 0 Å². The third kappa shape index (κ3) is 3.89. The molecule has 0 unspecified atom stereocenters. The average molecular weight is 333 g/mol. The summed E-state index contributed by atoms with van der Waals surface area (Å²) in [5.41, 5.74) is 12.9. The Morgan fingerprint density at radius 3 is 2.67 bits per heavy atom. The number of aliphatic imine (C=N–C) groups is 2. The molecular formula is C11H15BrClN5. The molecule has 0 aromatic heterocycles. The summed E-state index contributed by atoms with van der Waals surface area (Å²) in [4.78, 5) is 7.57. The molecule has 0 atom stereocenters. The number of nitrogens with two attached hydrogens (primary N) is 2. The molecule has 0 aliphatic carbocycles. The minimum absolute atomic E-state index is 0.103. The molecular weight excluding hydrogens is 318 g/mol. The van der Waals surface area contributed by atoms with Crippen LogP contribution in [0.3, 0.4) is 0 Å². The summed E-state index contributed by atoms with van der Waals surface area (Å²) < 4.78 is 0.917. The van der Waals surface area contributed by atoms with Gasteiger partial charge in [-0.1, -0.05) is 34.5 Å². The van der Waals surface area contributed by atoms with Crippen LogP contribution in [0.1, 0.15) is 12.5 Å². The van der Waals surface area contributed by atoms with E-state index < -0.39 is 0 Å². The van der Waals surface area contributed by atoms with Gasteiger partial charge in [-0.2, -0.15) is 4.99 Å². The summed E-state index contributed by atoms with van der Waals surface area (Å²) in [6.07, 6.45) is 0.812. The zero-order chi connectivity index (χ0) is 13.7. The maximum Gasteiger partial charge on any atom is 0.218 e. The van der Waals surface area contributed by atoms with Gasteiger partial charge in [-0.15, -0.1) is 0 Å². The standard InChI is InChI=1S/C11H15BrClN5/c1-3-6-4-7(12)5-8(13)9(6)17-11(15)18-10(14)16-2/h4-5H,3H2,1-2H3,(H5,14,15,16,17,18). The lowest BCUT2D eigenvalue weighted by Crippen LogP contribution is -2.26. The van der Waals surface area contributed by atoms with Crippen LogP contribution in [0, 0.1) is 0 Å². The van der Waals surface area contributed by atoms with Gasteiger partial charge in [0.25, 0.3) is 0 Å². The lowest BCUT2D eigenvalue weighted by molar-refractivity contribution is 1.14. The van der Waals surface area contributed by atoms with Crippen LogP contribution in [0.4, 0.5) is 5.69 Å². The first kappa shape index (κ1) is 14.8. The smallest absolute Gasteiger partial charge is 0.218 e. The monoisotopic (exact) mass is 331 g/mol. The van der Waals surface area contributed by atoms with Gasteiger partial charge < -0.3 is 16.8 Å². The van der Waals surface area contributed by atoms with Crippen LogP contribution in [0.2, 0.25) is 5.02 Å². The summed E-state index contributed by atoms with van der Waals surface area (Å²) >= 11 is 9.56. The predicted octanol–water partition coefficient (Wildman–Crippen LogP) is 2.34. The Balaban J connectivity index is 3.08. The Bertz CT molecular complexity index is 498. The second kappa shape index (κ2) is 6.61. The van der Waals surface area contributed by atoms with Crippen LogP contribution in [0.5, 0.6) is 0 Å². The predicted molar refractivity (Wildman–Crippen MR) is 81.3 cm³/mol. The Labute approximate surface area is 119 Å². The van der Waals surface area contributed by atoms with Gasteiger partial charge in [0.15, 0.2) is 0 Å². The van der Waals surface area contributed by atoms with Crippen molar-refractivity contribution in [2.24, 2.45) is 21.5 Å². The lowest BCUT2D eigenvalue weighted by atomic mass is 10.1. The van der Waals surface area contributed by atoms with Crippen LogP contribution in [0.15, 0.2) is 26.6 Å². The van der Waals surface area contributed by atoms with Gasteiger partial charge in [0, 0.05) is 11.5 Å². The summed E-state index contributed by atoms with van der Waals surface area (Å²) in [5, 5.41) is 3.50. The third-order valence-corrected chi connectivity index (χ3v) is 2.99. The van der Waals surface area contributed by atoms with Crippen molar-refractivity contribution in [2.45, 2.75) is 13.3 Å². The van der Waals surface area contributed by atoms with Crippen molar-refractivity contribution < 1.29 is 0 Å². The van der Waals surface area contributed by atoms with Gasteiger partial charge >= 0.3 is 0 Å². The fourth-order valence-electron chi connectivity index (χ4n) is 1.38. The maximum absolute atomic E-state index is 6.16. The molecule has 0 bridgehead atoms. The Hall–Kier alpha value is -1.27. The van der Waals surface area contributed by atoms with Crippen molar-refractivity contribution in [2.75, 3.05) is 12.4 Å². The van der Waals surface area contributed by atoms with E-state index in [0.717, 1.165) is 22.1 Å². The Morgan fingerprint density at radius 1 is 1.44 bits per heavy atom. The summed E-state index contributed by atoms with van der Waals surface area (Å²) in [7, 11) is 1.54. The molecule has 0 heterocycles. The largest absolute Gasteiger partial charge is 0.369 e. The molecule has 7 heteroatoms. The number of halogens is 2. The van der Waals surface area contributed by atoms with Crippen LogP contribution in [-0.4, -0.2) is 19.0 Å². The molecule has 0 saturated carbocycles. The third-order valence-electron chi connectivity index (χ3n) is 2.23. The number of rotatable bonds is 2. The number of hydrogen-bond acceptors (Lipinski definition) is 1. The van der Waals surface area contributed by atoms with E-state index in [-0.39, 0.29) is 11.9 Å². The second-order valence-electron chi connectivity index (χ2n) is 3.48. The molecule has 0 fully saturated rings. The Kier molecular flexibility index (Phi) is 5.43. The fraction of sp³-hybridized carbons (Fsp3) is 0.273. The molecule has 98 valence electrons. The zero-order valence-corrected chi connectivity index (χ0v) is 12.5. The highest BCUT2D eigenvalue weighted by atomic mass is 79.9. The van der Waals surface area contributed by atoms with Gasteiger partial charge in [-0.25, -0.2) is 0 Å². The molecule has 1 rings (SSSR count). The van der Waals surface area contributed by atoms with Crippen molar-refractivity contribution in [3.63, 3.8) is 0 Å². The lowest BCUT2D eigenvalue weighted by Gasteiger charge is -2.12. The SMILES string of the molecule is CCc1cc(Br)cc(Cl)c1N/C(N)=N/C(N)=NC. The molecule has 0 amide bonds. The van der Waals surface area contributed by atoms with E-state index in [1.807, 2.05) is 13.0 Å². The van der Waals surface area contributed by atoms with Crippen molar-refractivity contribution in [3.05, 3.63) is 27.2 Å². The normalized spacial score (nSPS) is 12.7. The van der Waals surface area contributed by atoms with Gasteiger partial charge in [0.05, 0.1) is 10.7 Å². The van der Waals surface area contributed by atoms with E-state index in [1.54, 1.807) is 6.07 Å². The van der Waals surface area contributed by atoms with Crippen molar-refractivity contribution in [1.82, 2.24) is 0 Å². The van der Waals surface area contributed by atoms with Crippen LogP contribution < -0.4 is 16.8 Å². The van der Waals surface area contributed by atoms with Gasteiger partial charge in [-0.3, -0.25) is 4.99 Å². The van der Waals surface area contributed by atoms with Gasteiger partial charge in [0.1, 0.15) is 0 Å². The van der Waals surface area contributed by atoms with E-state index in [9.17, 15) is 0 Å². The molecule has 0 spiro atoms. The van der Waals surface area contributed by atoms with Crippen LogP contribution in [-0.2, 0) is 6.42 Å². The van der Waals surface area contributed by atoms with Crippen molar-refractivity contribution >= 4 is 45.1 Å². The van der Waals surface area contributed by atoms with E-state index >= 15 is 0 Å². The van der Waals surface area contributed by atoms with Crippen LogP contribution >= 0.6 is 27.5 Å². The number of hydrogen-bond donors (Lipinski definition) is 3. The minimum Gasteiger partial charge on any atom is -0.369 e. The molecule has 5 nitrogen and oxygen atoms in total. The van der Waals surface area contributed by atoms with Gasteiger partial charge in [-0.05, 0) is 24.1 Å². The van der Waals surface area contributed by atoms with E-state index in [0.29, 0.717) is 5.02 Å². The summed E-state index contributed by atoms with van der Waals surface area (Å²) in [5.74, 6) is 0.253. The Morgan fingerprint density at radius 2 is 2.11 bits per heavy atom. The number of guanidine groups is 2. The molecule has 0 saturated heterocycles. The first-order valence-electron chi connectivity index (χ1n) is 5.29. The maximum atomic E-state index is 6.16. The number of nitrogens with one attached hydrogen (secondary N) is 1. The number of benzene rings is 1. The highest BCUT2D eigenvalue weighted by Crippen LogP contribution is 2.30. The van der Waals surface area contributed by atoms with E-state index in [4.69, 9.17) is 23.1 Å². The fourth-order valence-corrected chi connectivity index (χ4v) is 2.30. The molecule has 18 heavy (non-hydrogen) atoms. The highest BCUT2D eigenvalue weighted by molar-refractivity contribution is 9.10. The molecule has 0 radical (unpaired) electrons. The first-order chi connectivity index (χ1) is 8.47. The molecule has 0 aliphatic heterocycles. The number of aryl methyl sites for hydroxylation is 1. The quantitative estimate of drug-likeness (QED) is 0.573. The second-order valence-corrected chi connectivity index (χ2v) is 4.80. The first-order valence-corrected chi connectivity index (χ1v) is 6.46. The van der Waals surface area contributed by atoms with E-state index in [2.05, 4.69) is 31.2 Å². The molecule has 5 N–H and O–H groups in total. The summed E-state index contributed by atoms with van der Waals surface area (Å²) in [6, 6.07) is 3.76. The average Bonchev–Trinajstić information content (AvgIpc) is 2.31. The topological polar surface area (TPSA) is 88.8 Å². The van der Waals surface area contributed by atoms with Crippen molar-refractivity contribution in [1.29, 1.82) is 0 Å². The molecule has 1 aromatic carbocycles. The molecule has 0 aliphatic rings. The van der Waals surface area contributed by atoms with Gasteiger partial charge in [0.2, 0.25) is 11.9 Å². The summed E-state index contributed by atoms with van der Waals surface area (Å²) in [6.45, 7) is 2.03.